The van der Waals surface area contributed by atoms with Gasteiger partial charge in [-0.1, -0.05) is 59.6 Å². The molecule has 0 saturated heterocycles. The summed E-state index contributed by atoms with van der Waals surface area (Å²) in [5.41, 5.74) is 1.18. The van der Waals surface area contributed by atoms with Crippen LogP contribution >= 0.6 is 46.6 Å². The van der Waals surface area contributed by atoms with E-state index in [1.807, 2.05) is 24.3 Å². The summed E-state index contributed by atoms with van der Waals surface area (Å²) in [6.07, 6.45) is 0. The zero-order chi connectivity index (χ0) is 14.5. The van der Waals surface area contributed by atoms with Gasteiger partial charge in [0.15, 0.2) is 0 Å². The molecule has 0 aliphatic heterocycles. The molecule has 2 aromatic rings. The SMILES string of the molecule is CCNCc1ccc(Sc2ccc(Cl)c(Cl)c2)c(Cl)c1. The zero-order valence-corrected chi connectivity index (χ0v) is 14.0. The molecular formula is C15H14Cl3NS. The van der Waals surface area contributed by atoms with Gasteiger partial charge in [0.2, 0.25) is 0 Å². The molecule has 2 rings (SSSR count). The van der Waals surface area contributed by atoms with Gasteiger partial charge < -0.3 is 5.32 Å². The van der Waals surface area contributed by atoms with Gasteiger partial charge in [0.05, 0.1) is 15.1 Å². The average Bonchev–Trinajstić information content (AvgIpc) is 2.43. The Morgan fingerprint density at radius 2 is 1.75 bits per heavy atom. The van der Waals surface area contributed by atoms with Crippen LogP contribution in [-0.2, 0) is 6.54 Å². The highest BCUT2D eigenvalue weighted by Crippen LogP contribution is 2.36. The predicted molar refractivity (Wildman–Crippen MR) is 89.4 cm³/mol. The maximum absolute atomic E-state index is 6.32. The Labute approximate surface area is 138 Å². The van der Waals surface area contributed by atoms with Gasteiger partial charge in [0.1, 0.15) is 0 Å². The van der Waals surface area contributed by atoms with E-state index in [1.54, 1.807) is 17.8 Å². The number of hydrogen-bond donors (Lipinski definition) is 1. The highest BCUT2D eigenvalue weighted by Gasteiger charge is 2.06. The van der Waals surface area contributed by atoms with Crippen LogP contribution in [0, 0.1) is 0 Å². The molecule has 1 nitrogen and oxygen atoms in total. The standard InChI is InChI=1S/C15H14Cl3NS/c1-2-19-9-10-3-6-15(14(18)7-10)20-11-4-5-12(16)13(17)8-11/h3-8,19H,2,9H2,1H3. The molecule has 0 radical (unpaired) electrons. The Kier molecular flexibility index (Phi) is 6.06. The molecule has 5 heteroatoms. The first-order valence-electron chi connectivity index (χ1n) is 6.22. The molecule has 0 aromatic heterocycles. The number of hydrogen-bond acceptors (Lipinski definition) is 2. The summed E-state index contributed by atoms with van der Waals surface area (Å²) < 4.78 is 0. The molecular weight excluding hydrogens is 333 g/mol. The Balaban J connectivity index is 2.14. The predicted octanol–water partition coefficient (Wildman–Crippen LogP) is 5.91. The zero-order valence-electron chi connectivity index (χ0n) is 10.9. The molecule has 0 fully saturated rings. The third-order valence-corrected chi connectivity index (χ3v) is 4.92. The molecule has 0 atom stereocenters. The first-order chi connectivity index (χ1) is 9.60. The lowest BCUT2D eigenvalue weighted by Crippen LogP contribution is -2.11. The number of halogens is 3. The summed E-state index contributed by atoms with van der Waals surface area (Å²) in [6.45, 7) is 3.85. The van der Waals surface area contributed by atoms with Gasteiger partial charge in [-0.25, -0.2) is 0 Å². The highest BCUT2D eigenvalue weighted by molar-refractivity contribution is 7.99. The molecule has 2 aromatic carbocycles. The maximum atomic E-state index is 6.32. The van der Waals surface area contributed by atoms with Crippen molar-refractivity contribution in [2.75, 3.05) is 6.54 Å². The van der Waals surface area contributed by atoms with E-state index in [9.17, 15) is 0 Å². The van der Waals surface area contributed by atoms with Crippen LogP contribution in [-0.4, -0.2) is 6.54 Å². The summed E-state index contributed by atoms with van der Waals surface area (Å²) in [4.78, 5) is 2.02. The molecule has 1 N–H and O–H groups in total. The smallest absolute Gasteiger partial charge is 0.0603 e. The average molecular weight is 347 g/mol. The Morgan fingerprint density at radius 1 is 0.950 bits per heavy atom. The summed E-state index contributed by atoms with van der Waals surface area (Å²) in [5.74, 6) is 0. The number of nitrogens with one attached hydrogen (secondary N) is 1. The van der Waals surface area contributed by atoms with E-state index in [2.05, 4.69) is 18.3 Å². The minimum Gasteiger partial charge on any atom is -0.313 e. The maximum Gasteiger partial charge on any atom is 0.0603 e. The molecule has 0 aliphatic carbocycles. The quantitative estimate of drug-likeness (QED) is 0.722. The normalized spacial score (nSPS) is 10.8. The van der Waals surface area contributed by atoms with Crippen molar-refractivity contribution in [3.8, 4) is 0 Å². The first-order valence-corrected chi connectivity index (χ1v) is 8.17. The second-order valence-electron chi connectivity index (χ2n) is 4.22. The summed E-state index contributed by atoms with van der Waals surface area (Å²) in [7, 11) is 0. The van der Waals surface area contributed by atoms with Crippen LogP contribution in [0.4, 0.5) is 0 Å². The van der Waals surface area contributed by atoms with E-state index < -0.39 is 0 Å². The van der Waals surface area contributed by atoms with Gasteiger partial charge in [-0.15, -0.1) is 0 Å². The van der Waals surface area contributed by atoms with E-state index in [0.717, 1.165) is 27.9 Å². The molecule has 0 amide bonds. The van der Waals surface area contributed by atoms with Crippen LogP contribution in [0.5, 0.6) is 0 Å². The minimum atomic E-state index is 0.552. The fourth-order valence-electron chi connectivity index (χ4n) is 1.67. The van der Waals surface area contributed by atoms with Gasteiger partial charge in [-0.05, 0) is 42.4 Å². The van der Waals surface area contributed by atoms with E-state index in [4.69, 9.17) is 34.8 Å². The van der Waals surface area contributed by atoms with Gasteiger partial charge in [0, 0.05) is 16.3 Å². The largest absolute Gasteiger partial charge is 0.313 e. The fraction of sp³-hybridized carbons (Fsp3) is 0.200. The minimum absolute atomic E-state index is 0.552. The van der Waals surface area contributed by atoms with E-state index >= 15 is 0 Å². The molecule has 0 spiro atoms. The summed E-state index contributed by atoms with van der Waals surface area (Å²) >= 11 is 19.8. The van der Waals surface area contributed by atoms with Crippen molar-refractivity contribution in [3.05, 3.63) is 57.0 Å². The van der Waals surface area contributed by atoms with Crippen molar-refractivity contribution in [1.29, 1.82) is 0 Å². The lowest BCUT2D eigenvalue weighted by Gasteiger charge is -2.08. The highest BCUT2D eigenvalue weighted by atomic mass is 35.5. The van der Waals surface area contributed by atoms with Crippen molar-refractivity contribution in [1.82, 2.24) is 5.32 Å². The lowest BCUT2D eigenvalue weighted by atomic mass is 10.2. The molecule has 0 heterocycles. The van der Waals surface area contributed by atoms with Crippen LogP contribution in [0.15, 0.2) is 46.2 Å². The van der Waals surface area contributed by atoms with Crippen molar-refractivity contribution < 1.29 is 0 Å². The van der Waals surface area contributed by atoms with Crippen molar-refractivity contribution >= 4 is 46.6 Å². The number of rotatable bonds is 5. The first kappa shape index (κ1) is 16.0. The van der Waals surface area contributed by atoms with E-state index in [0.29, 0.717) is 10.0 Å². The van der Waals surface area contributed by atoms with Crippen molar-refractivity contribution in [2.45, 2.75) is 23.3 Å². The van der Waals surface area contributed by atoms with Gasteiger partial charge in [0.25, 0.3) is 0 Å². The van der Waals surface area contributed by atoms with Gasteiger partial charge in [-0.2, -0.15) is 0 Å². The van der Waals surface area contributed by atoms with E-state index in [1.165, 1.54) is 5.56 Å². The second-order valence-corrected chi connectivity index (χ2v) is 6.56. The van der Waals surface area contributed by atoms with Crippen LogP contribution < -0.4 is 5.32 Å². The summed E-state index contributed by atoms with van der Waals surface area (Å²) in [6, 6.07) is 11.7. The molecule has 106 valence electrons. The van der Waals surface area contributed by atoms with Crippen molar-refractivity contribution in [2.24, 2.45) is 0 Å². The Bertz CT molecular complexity index is 602. The fourth-order valence-corrected chi connectivity index (χ4v) is 3.21. The topological polar surface area (TPSA) is 12.0 Å². The molecule has 0 unspecified atom stereocenters. The summed E-state index contributed by atoms with van der Waals surface area (Å²) in [5, 5.41) is 5.13. The van der Waals surface area contributed by atoms with Crippen LogP contribution in [0.3, 0.4) is 0 Å². The lowest BCUT2D eigenvalue weighted by molar-refractivity contribution is 0.726. The van der Waals surface area contributed by atoms with Gasteiger partial charge >= 0.3 is 0 Å². The molecule has 20 heavy (non-hydrogen) atoms. The molecule has 0 saturated carbocycles. The molecule has 0 aliphatic rings. The third kappa shape index (κ3) is 4.31. The van der Waals surface area contributed by atoms with Crippen molar-refractivity contribution in [3.63, 3.8) is 0 Å². The van der Waals surface area contributed by atoms with Crippen LogP contribution in [0.2, 0.25) is 15.1 Å². The second kappa shape index (κ2) is 7.58. The third-order valence-electron chi connectivity index (χ3n) is 2.69. The monoisotopic (exact) mass is 345 g/mol. The van der Waals surface area contributed by atoms with Crippen LogP contribution in [0.25, 0.3) is 0 Å². The van der Waals surface area contributed by atoms with Gasteiger partial charge in [-0.3, -0.25) is 0 Å². The number of benzene rings is 2. The van der Waals surface area contributed by atoms with E-state index in [-0.39, 0.29) is 0 Å². The van der Waals surface area contributed by atoms with Crippen LogP contribution in [0.1, 0.15) is 12.5 Å². The Hall–Kier alpha value is -0.380. The Morgan fingerprint density at radius 3 is 2.40 bits per heavy atom. The molecule has 0 bridgehead atoms.